The minimum atomic E-state index is -3.73. The number of ether oxygens (including phenoxy) is 2. The lowest BCUT2D eigenvalue weighted by Crippen LogP contribution is -2.36. The molecule has 0 spiro atoms. The molecule has 0 aromatic heterocycles. The lowest BCUT2D eigenvalue weighted by Gasteiger charge is -2.37. The van der Waals surface area contributed by atoms with Crippen molar-refractivity contribution in [2.24, 2.45) is 0 Å². The van der Waals surface area contributed by atoms with Crippen molar-refractivity contribution in [3.05, 3.63) is 76.1 Å². The van der Waals surface area contributed by atoms with Crippen LogP contribution in [0.25, 0.3) is 0 Å². The smallest absolute Gasteiger partial charge is 0.508 e. The molecule has 1 aliphatic carbocycles. The largest absolute Gasteiger partial charge is 0.586 e. The standard InChI is InChI=1S/C25H21F2NO6/c1-2-16-23(24(31)32)21(13-4-3-5-15(29)8-13)22-17(28-16)9-14(10-18(22)30)12-6-7-19-20(11-12)34-25(26,27)33-19/h3-8,11,14,21,28-29H,2,9-10H2,1H3,(H,31,32). The molecule has 3 N–H and O–H groups in total. The number of allylic oxidation sites excluding steroid dienone is 3. The lowest BCUT2D eigenvalue weighted by atomic mass is 9.71. The second-order valence-corrected chi connectivity index (χ2v) is 8.50. The van der Waals surface area contributed by atoms with E-state index in [1.807, 2.05) is 6.92 Å². The van der Waals surface area contributed by atoms with Gasteiger partial charge in [-0.1, -0.05) is 25.1 Å². The van der Waals surface area contributed by atoms with Crippen LogP contribution in [0.1, 0.15) is 49.1 Å². The quantitative estimate of drug-likeness (QED) is 0.603. The molecule has 3 aliphatic rings. The average Bonchev–Trinajstić information content (AvgIpc) is 3.10. The highest BCUT2D eigenvalue weighted by Crippen LogP contribution is 2.48. The van der Waals surface area contributed by atoms with Gasteiger partial charge in [0.1, 0.15) is 5.75 Å². The van der Waals surface area contributed by atoms with E-state index in [9.17, 15) is 28.6 Å². The van der Waals surface area contributed by atoms with Crippen molar-refractivity contribution in [1.82, 2.24) is 5.32 Å². The molecule has 0 radical (unpaired) electrons. The van der Waals surface area contributed by atoms with Gasteiger partial charge in [-0.25, -0.2) is 4.79 Å². The van der Waals surface area contributed by atoms with Gasteiger partial charge in [-0.05, 0) is 54.2 Å². The molecule has 2 aromatic carbocycles. The van der Waals surface area contributed by atoms with Gasteiger partial charge in [0.15, 0.2) is 17.3 Å². The number of nitrogens with one attached hydrogen (secondary N) is 1. The molecule has 0 bridgehead atoms. The molecule has 0 saturated carbocycles. The first-order valence-electron chi connectivity index (χ1n) is 10.8. The van der Waals surface area contributed by atoms with Crippen LogP contribution in [0.4, 0.5) is 8.78 Å². The fraction of sp³-hybridized carbons (Fsp3) is 0.280. The van der Waals surface area contributed by atoms with Crippen molar-refractivity contribution < 1.29 is 38.1 Å². The summed E-state index contributed by atoms with van der Waals surface area (Å²) in [5.74, 6) is -2.74. The maximum Gasteiger partial charge on any atom is 0.586 e. The monoisotopic (exact) mass is 469 g/mol. The molecule has 5 rings (SSSR count). The Labute approximate surface area is 193 Å². The van der Waals surface area contributed by atoms with Crippen molar-refractivity contribution in [3.63, 3.8) is 0 Å². The molecule has 2 atom stereocenters. The molecule has 0 saturated heterocycles. The number of Topliss-reactive ketones (excluding diaryl/α,β-unsaturated/α-hetero) is 1. The maximum absolute atomic E-state index is 13.4. The minimum absolute atomic E-state index is 0.0285. The van der Waals surface area contributed by atoms with Crippen molar-refractivity contribution in [3.8, 4) is 17.2 Å². The van der Waals surface area contributed by atoms with Crippen LogP contribution in [-0.4, -0.2) is 28.3 Å². The highest BCUT2D eigenvalue weighted by Gasteiger charge is 2.45. The van der Waals surface area contributed by atoms with Crippen LogP contribution in [0.5, 0.6) is 17.2 Å². The van der Waals surface area contributed by atoms with Crippen LogP contribution >= 0.6 is 0 Å². The fourth-order valence-corrected chi connectivity index (χ4v) is 4.98. The van der Waals surface area contributed by atoms with E-state index in [1.165, 1.54) is 24.3 Å². The number of halogens is 2. The molecule has 176 valence electrons. The number of carboxylic acid groups (broad SMARTS) is 1. The molecule has 0 fully saturated rings. The summed E-state index contributed by atoms with van der Waals surface area (Å²) in [6, 6.07) is 10.7. The van der Waals surface area contributed by atoms with Gasteiger partial charge in [0.2, 0.25) is 0 Å². The van der Waals surface area contributed by atoms with Crippen molar-refractivity contribution in [1.29, 1.82) is 0 Å². The highest BCUT2D eigenvalue weighted by atomic mass is 19.3. The Hall–Kier alpha value is -3.88. The Morgan fingerprint density at radius 1 is 1.12 bits per heavy atom. The third-order valence-electron chi connectivity index (χ3n) is 6.40. The van der Waals surface area contributed by atoms with E-state index in [2.05, 4.69) is 14.8 Å². The lowest BCUT2D eigenvalue weighted by molar-refractivity contribution is -0.286. The van der Waals surface area contributed by atoms with E-state index in [4.69, 9.17) is 0 Å². The van der Waals surface area contributed by atoms with Gasteiger partial charge in [-0.2, -0.15) is 0 Å². The van der Waals surface area contributed by atoms with Gasteiger partial charge < -0.3 is 25.0 Å². The molecule has 2 unspecified atom stereocenters. The van der Waals surface area contributed by atoms with E-state index >= 15 is 0 Å². The first-order valence-corrected chi connectivity index (χ1v) is 10.8. The number of aromatic hydroxyl groups is 1. The second kappa shape index (κ2) is 7.86. The van der Waals surface area contributed by atoms with Gasteiger partial charge in [-0.15, -0.1) is 8.78 Å². The van der Waals surface area contributed by atoms with Crippen LogP contribution in [0.3, 0.4) is 0 Å². The molecule has 0 amide bonds. The van der Waals surface area contributed by atoms with Crippen LogP contribution in [0.15, 0.2) is 65.0 Å². The summed E-state index contributed by atoms with van der Waals surface area (Å²) in [4.78, 5) is 25.7. The number of aliphatic carboxylic acids is 1. The van der Waals surface area contributed by atoms with Gasteiger partial charge in [-0.3, -0.25) is 4.79 Å². The van der Waals surface area contributed by atoms with Crippen molar-refractivity contribution in [2.75, 3.05) is 0 Å². The van der Waals surface area contributed by atoms with Gasteiger partial charge in [0.05, 0.1) is 5.57 Å². The van der Waals surface area contributed by atoms with Crippen LogP contribution < -0.4 is 14.8 Å². The van der Waals surface area contributed by atoms with E-state index in [0.29, 0.717) is 40.9 Å². The molecule has 34 heavy (non-hydrogen) atoms. The summed E-state index contributed by atoms with van der Waals surface area (Å²) in [7, 11) is 0. The molecular weight excluding hydrogens is 448 g/mol. The Bertz CT molecular complexity index is 1280. The Kier molecular flexibility index (Phi) is 5.07. The zero-order chi connectivity index (χ0) is 24.2. The number of carbonyl (C=O) groups excluding carboxylic acids is 1. The number of phenolic OH excluding ortho intramolecular Hbond substituents is 1. The predicted molar refractivity (Wildman–Crippen MR) is 116 cm³/mol. The number of fused-ring (bicyclic) bond motifs is 1. The number of benzene rings is 2. The number of dihydropyridines is 1. The number of alkyl halides is 2. The summed E-state index contributed by atoms with van der Waals surface area (Å²) in [6.45, 7) is 1.82. The minimum Gasteiger partial charge on any atom is -0.508 e. The summed E-state index contributed by atoms with van der Waals surface area (Å²) < 4.78 is 35.9. The third kappa shape index (κ3) is 3.67. The zero-order valence-corrected chi connectivity index (χ0v) is 18.1. The van der Waals surface area contributed by atoms with Gasteiger partial charge in [0.25, 0.3) is 0 Å². The number of rotatable bonds is 4. The van der Waals surface area contributed by atoms with Gasteiger partial charge in [0, 0.05) is 29.3 Å². The number of carbonyl (C=O) groups is 2. The SMILES string of the molecule is CCC1=C(C(=O)O)C(c2cccc(O)c2)C2=C(CC(c3ccc4c(c3)OC(F)(F)O4)CC2=O)N1. The van der Waals surface area contributed by atoms with E-state index in [-0.39, 0.29) is 40.9 Å². The fourth-order valence-electron chi connectivity index (χ4n) is 4.98. The van der Waals surface area contributed by atoms with Crippen LogP contribution in [0, 0.1) is 0 Å². The van der Waals surface area contributed by atoms with E-state index < -0.39 is 18.2 Å². The topological polar surface area (TPSA) is 105 Å². The second-order valence-electron chi connectivity index (χ2n) is 8.50. The average molecular weight is 469 g/mol. The molecule has 9 heteroatoms. The number of ketones is 1. The molecular formula is C25H21F2NO6. The summed E-state index contributed by atoms with van der Waals surface area (Å²) in [5, 5.41) is 23.2. The number of hydrogen-bond donors (Lipinski definition) is 3. The number of carboxylic acids is 1. The molecule has 2 aliphatic heterocycles. The Morgan fingerprint density at radius 3 is 2.59 bits per heavy atom. The van der Waals surface area contributed by atoms with Crippen LogP contribution in [-0.2, 0) is 9.59 Å². The molecule has 2 aromatic rings. The molecule has 2 heterocycles. The molecule has 7 nitrogen and oxygen atoms in total. The Balaban J connectivity index is 1.56. The summed E-state index contributed by atoms with van der Waals surface area (Å²) in [5.41, 5.74) is 2.65. The number of hydrogen-bond acceptors (Lipinski definition) is 6. The predicted octanol–water partition coefficient (Wildman–Crippen LogP) is 4.55. The van der Waals surface area contributed by atoms with Crippen molar-refractivity contribution >= 4 is 11.8 Å². The summed E-state index contributed by atoms with van der Waals surface area (Å²) in [6.07, 6.45) is -2.89. The van der Waals surface area contributed by atoms with Crippen molar-refractivity contribution in [2.45, 2.75) is 44.3 Å². The summed E-state index contributed by atoms with van der Waals surface area (Å²) >= 11 is 0. The van der Waals surface area contributed by atoms with E-state index in [1.54, 1.807) is 18.2 Å². The van der Waals surface area contributed by atoms with Crippen LogP contribution in [0.2, 0.25) is 0 Å². The first kappa shape index (κ1) is 21.9. The normalized spacial score (nSPS) is 23.0. The van der Waals surface area contributed by atoms with E-state index in [0.717, 1.165) is 0 Å². The number of phenols is 1. The third-order valence-corrected chi connectivity index (χ3v) is 6.40. The first-order chi connectivity index (χ1) is 16.2. The Morgan fingerprint density at radius 2 is 1.88 bits per heavy atom. The van der Waals surface area contributed by atoms with Gasteiger partial charge >= 0.3 is 12.3 Å². The highest BCUT2D eigenvalue weighted by molar-refractivity contribution is 6.04. The zero-order valence-electron chi connectivity index (χ0n) is 18.1. The maximum atomic E-state index is 13.4.